The Kier molecular flexibility index (Phi) is 1.96. The molecular formula is C12H15FN2. The van der Waals surface area contributed by atoms with Crippen molar-refractivity contribution in [3.8, 4) is 0 Å². The molecule has 3 aliphatic rings. The molecule has 1 aromatic rings. The van der Waals surface area contributed by atoms with Gasteiger partial charge in [0.1, 0.15) is 5.82 Å². The van der Waals surface area contributed by atoms with Crippen molar-refractivity contribution >= 4 is 5.69 Å². The van der Waals surface area contributed by atoms with Gasteiger partial charge in [0.25, 0.3) is 0 Å². The lowest BCUT2D eigenvalue weighted by Gasteiger charge is -2.28. The third-order valence-corrected chi connectivity index (χ3v) is 3.79. The fourth-order valence-corrected chi connectivity index (χ4v) is 3.01. The number of nitrogens with two attached hydrogens (primary N) is 1. The van der Waals surface area contributed by atoms with Crippen LogP contribution in [0.25, 0.3) is 0 Å². The zero-order chi connectivity index (χ0) is 10.4. The van der Waals surface area contributed by atoms with Crippen LogP contribution in [0.15, 0.2) is 24.3 Å². The number of anilines is 1. The lowest BCUT2D eigenvalue weighted by Crippen LogP contribution is -2.36. The van der Waals surface area contributed by atoms with E-state index in [-0.39, 0.29) is 5.82 Å². The summed E-state index contributed by atoms with van der Waals surface area (Å²) in [5.74, 6) is 0.579. The van der Waals surface area contributed by atoms with Gasteiger partial charge in [-0.3, -0.25) is 0 Å². The van der Waals surface area contributed by atoms with E-state index < -0.39 is 0 Å². The molecule has 2 saturated heterocycles. The molecule has 0 amide bonds. The first-order valence-corrected chi connectivity index (χ1v) is 5.53. The van der Waals surface area contributed by atoms with Crippen LogP contribution in [0.2, 0.25) is 0 Å². The monoisotopic (exact) mass is 206 g/mol. The van der Waals surface area contributed by atoms with Crippen LogP contribution in [-0.4, -0.2) is 18.6 Å². The highest BCUT2D eigenvalue weighted by Gasteiger charge is 2.49. The van der Waals surface area contributed by atoms with E-state index in [9.17, 15) is 4.39 Å². The van der Waals surface area contributed by atoms with E-state index in [1.54, 1.807) is 12.1 Å². The first kappa shape index (κ1) is 9.16. The van der Waals surface area contributed by atoms with Crippen LogP contribution in [-0.2, 0) is 0 Å². The van der Waals surface area contributed by atoms with Crippen molar-refractivity contribution in [2.24, 2.45) is 11.7 Å². The van der Waals surface area contributed by atoms with E-state index in [1.807, 2.05) is 6.07 Å². The Balaban J connectivity index is 1.93. The molecule has 1 unspecified atom stereocenters. The third-order valence-electron chi connectivity index (χ3n) is 3.79. The predicted octanol–water partition coefficient (Wildman–Crippen LogP) is 1.75. The van der Waals surface area contributed by atoms with Crippen molar-refractivity contribution in [3.63, 3.8) is 0 Å². The highest BCUT2D eigenvalue weighted by Crippen LogP contribution is 2.47. The molecule has 2 heterocycles. The fraction of sp³-hybridized carbons (Fsp3) is 0.500. The average molecular weight is 206 g/mol. The summed E-state index contributed by atoms with van der Waals surface area (Å²) in [4.78, 5) is 2.31. The van der Waals surface area contributed by atoms with Crippen LogP contribution in [0.4, 0.5) is 10.1 Å². The zero-order valence-corrected chi connectivity index (χ0v) is 8.57. The summed E-state index contributed by atoms with van der Waals surface area (Å²) in [7, 11) is 0. The molecule has 15 heavy (non-hydrogen) atoms. The minimum Gasteiger partial charge on any atom is -0.364 e. The van der Waals surface area contributed by atoms with Crippen molar-refractivity contribution in [2.75, 3.05) is 11.4 Å². The quantitative estimate of drug-likeness (QED) is 0.798. The van der Waals surface area contributed by atoms with Crippen LogP contribution in [0.5, 0.6) is 0 Å². The predicted molar refractivity (Wildman–Crippen MR) is 58.2 cm³/mol. The molecule has 0 radical (unpaired) electrons. The lowest BCUT2D eigenvalue weighted by atomic mass is 9.83. The van der Waals surface area contributed by atoms with Crippen LogP contribution in [0, 0.1) is 11.7 Å². The van der Waals surface area contributed by atoms with E-state index in [1.165, 1.54) is 18.9 Å². The van der Waals surface area contributed by atoms with Crippen molar-refractivity contribution < 1.29 is 4.39 Å². The zero-order valence-electron chi connectivity index (χ0n) is 8.57. The molecule has 1 aromatic carbocycles. The molecule has 2 N–H and O–H groups in total. The van der Waals surface area contributed by atoms with Gasteiger partial charge < -0.3 is 10.6 Å². The number of benzene rings is 1. The molecule has 2 bridgehead atoms. The minimum atomic E-state index is -0.160. The molecule has 2 nitrogen and oxygen atoms in total. The first-order valence-electron chi connectivity index (χ1n) is 5.53. The molecule has 3 fully saturated rings. The molecular weight excluding hydrogens is 191 g/mol. The molecule has 4 rings (SSSR count). The normalized spacial score (nSPS) is 32.9. The van der Waals surface area contributed by atoms with Crippen LogP contribution >= 0.6 is 0 Å². The van der Waals surface area contributed by atoms with Gasteiger partial charge in [-0.2, -0.15) is 0 Å². The maximum atomic E-state index is 13.1. The Morgan fingerprint density at radius 2 is 2.20 bits per heavy atom. The van der Waals surface area contributed by atoms with Gasteiger partial charge in [-0.25, -0.2) is 4.39 Å². The standard InChI is InChI=1S/C12H15FN2/c13-9-2-1-3-10(6-9)15-11-4-8(5-11)12(15)7-14/h1-3,6,8,11-12H,4-5,7,14H2. The van der Waals surface area contributed by atoms with Gasteiger partial charge in [-0.1, -0.05) is 6.07 Å². The van der Waals surface area contributed by atoms with E-state index >= 15 is 0 Å². The van der Waals surface area contributed by atoms with Crippen molar-refractivity contribution in [3.05, 3.63) is 30.1 Å². The Bertz CT molecular complexity index is 374. The highest BCUT2D eigenvalue weighted by atomic mass is 19.1. The van der Waals surface area contributed by atoms with Gasteiger partial charge in [-0.05, 0) is 37.0 Å². The summed E-state index contributed by atoms with van der Waals surface area (Å²) in [6.45, 7) is 0.678. The van der Waals surface area contributed by atoms with Crippen LogP contribution in [0.3, 0.4) is 0 Å². The number of halogens is 1. The molecule has 0 spiro atoms. The molecule has 1 aliphatic carbocycles. The Morgan fingerprint density at radius 3 is 2.87 bits per heavy atom. The Morgan fingerprint density at radius 1 is 1.40 bits per heavy atom. The van der Waals surface area contributed by atoms with E-state index in [0.29, 0.717) is 18.6 Å². The van der Waals surface area contributed by atoms with E-state index in [0.717, 1.165) is 11.6 Å². The Hall–Kier alpha value is -1.09. The number of hydrogen-bond acceptors (Lipinski definition) is 2. The second-order valence-electron chi connectivity index (χ2n) is 4.58. The summed E-state index contributed by atoms with van der Waals surface area (Å²) >= 11 is 0. The maximum Gasteiger partial charge on any atom is 0.125 e. The number of fused-ring (bicyclic) bond motifs is 1. The maximum absolute atomic E-state index is 13.1. The lowest BCUT2D eigenvalue weighted by molar-refractivity contribution is 0.354. The number of hydrogen-bond donors (Lipinski definition) is 1. The summed E-state index contributed by atoms with van der Waals surface area (Å²) in [6, 6.07) is 7.88. The number of nitrogens with zero attached hydrogens (tertiary/aromatic N) is 1. The molecule has 0 aromatic heterocycles. The molecule has 2 aliphatic heterocycles. The topological polar surface area (TPSA) is 29.3 Å². The van der Waals surface area contributed by atoms with Gasteiger partial charge in [0.05, 0.1) is 0 Å². The van der Waals surface area contributed by atoms with Gasteiger partial charge >= 0.3 is 0 Å². The van der Waals surface area contributed by atoms with E-state index in [2.05, 4.69) is 4.90 Å². The first-order chi connectivity index (χ1) is 7.29. The van der Waals surface area contributed by atoms with Crippen molar-refractivity contribution in [2.45, 2.75) is 24.9 Å². The van der Waals surface area contributed by atoms with Crippen molar-refractivity contribution in [1.82, 2.24) is 0 Å². The Labute approximate surface area is 88.9 Å². The van der Waals surface area contributed by atoms with Gasteiger partial charge in [0.15, 0.2) is 0 Å². The third kappa shape index (κ3) is 1.26. The second kappa shape index (κ2) is 3.20. The summed E-state index contributed by atoms with van der Waals surface area (Å²) < 4.78 is 13.1. The summed E-state index contributed by atoms with van der Waals surface area (Å²) in [5, 5.41) is 0. The van der Waals surface area contributed by atoms with Gasteiger partial charge in [-0.15, -0.1) is 0 Å². The average Bonchev–Trinajstić information content (AvgIpc) is 2.69. The SMILES string of the molecule is NCC1C2CC(C2)N1c1cccc(F)c1. The molecule has 1 atom stereocenters. The molecule has 1 saturated carbocycles. The molecule has 3 heteroatoms. The fourth-order valence-electron chi connectivity index (χ4n) is 3.01. The summed E-state index contributed by atoms with van der Waals surface area (Å²) in [6.07, 6.45) is 2.47. The molecule has 80 valence electrons. The number of rotatable bonds is 2. The van der Waals surface area contributed by atoms with Crippen molar-refractivity contribution in [1.29, 1.82) is 0 Å². The van der Waals surface area contributed by atoms with Crippen LogP contribution in [0.1, 0.15) is 12.8 Å². The highest BCUT2D eigenvalue weighted by molar-refractivity contribution is 5.52. The summed E-state index contributed by atoms with van der Waals surface area (Å²) in [5.41, 5.74) is 6.78. The van der Waals surface area contributed by atoms with E-state index in [4.69, 9.17) is 5.73 Å². The van der Waals surface area contributed by atoms with Gasteiger partial charge in [0, 0.05) is 24.3 Å². The largest absolute Gasteiger partial charge is 0.364 e. The van der Waals surface area contributed by atoms with Gasteiger partial charge in [0.2, 0.25) is 0 Å². The smallest absolute Gasteiger partial charge is 0.125 e. The second-order valence-corrected chi connectivity index (χ2v) is 4.58. The van der Waals surface area contributed by atoms with Crippen LogP contribution < -0.4 is 10.6 Å². The minimum absolute atomic E-state index is 0.160.